The molecule has 2 heterocycles. The van der Waals surface area contributed by atoms with E-state index in [4.69, 9.17) is 5.73 Å². The van der Waals surface area contributed by atoms with Crippen molar-refractivity contribution in [1.82, 2.24) is 4.90 Å². The van der Waals surface area contributed by atoms with Crippen LogP contribution >= 0.6 is 11.8 Å². The third kappa shape index (κ3) is 2.89. The van der Waals surface area contributed by atoms with Gasteiger partial charge in [-0.2, -0.15) is 11.8 Å². The number of hydrogen-bond acceptors (Lipinski definition) is 3. The first-order valence-electron chi connectivity index (χ1n) is 6.31. The van der Waals surface area contributed by atoms with Gasteiger partial charge in [0.05, 0.1) is 0 Å². The molecule has 2 saturated heterocycles. The molecule has 0 aromatic carbocycles. The second-order valence-electron chi connectivity index (χ2n) is 5.05. The van der Waals surface area contributed by atoms with Crippen LogP contribution in [0.4, 0.5) is 0 Å². The molecule has 0 aromatic rings. The lowest BCUT2D eigenvalue weighted by Gasteiger charge is -2.37. The summed E-state index contributed by atoms with van der Waals surface area (Å²) >= 11 is 1.97. The van der Waals surface area contributed by atoms with Crippen LogP contribution in [0.1, 0.15) is 38.5 Å². The molecule has 0 saturated carbocycles. The summed E-state index contributed by atoms with van der Waals surface area (Å²) in [5.74, 6) is 1.32. The topological polar surface area (TPSA) is 29.3 Å². The molecule has 0 radical (unpaired) electrons. The quantitative estimate of drug-likeness (QED) is 0.731. The van der Waals surface area contributed by atoms with E-state index in [1.165, 1.54) is 50.8 Å². The van der Waals surface area contributed by atoms with E-state index in [1.807, 2.05) is 11.8 Å². The molecule has 2 fully saturated rings. The standard InChI is InChI=1S/C12H24N2S/c1-15-7-3-2-6-14-11-4-5-12(14)9-10(13)8-11/h10-12H,2-9,13H2,1H3. The van der Waals surface area contributed by atoms with Crippen molar-refractivity contribution in [1.29, 1.82) is 0 Å². The second-order valence-corrected chi connectivity index (χ2v) is 6.04. The number of rotatable bonds is 5. The molecule has 2 nitrogen and oxygen atoms in total. The van der Waals surface area contributed by atoms with Crippen LogP contribution in [0, 0.1) is 0 Å². The summed E-state index contributed by atoms with van der Waals surface area (Å²) in [5, 5.41) is 0. The molecular weight excluding hydrogens is 204 g/mol. The zero-order chi connectivity index (χ0) is 10.7. The van der Waals surface area contributed by atoms with Gasteiger partial charge in [0.1, 0.15) is 0 Å². The first-order valence-corrected chi connectivity index (χ1v) is 7.71. The number of nitrogens with zero attached hydrogens (tertiary/aromatic N) is 1. The van der Waals surface area contributed by atoms with Gasteiger partial charge in [-0.15, -0.1) is 0 Å². The van der Waals surface area contributed by atoms with Gasteiger partial charge >= 0.3 is 0 Å². The zero-order valence-corrected chi connectivity index (χ0v) is 10.6. The van der Waals surface area contributed by atoms with Gasteiger partial charge in [-0.3, -0.25) is 4.90 Å². The van der Waals surface area contributed by atoms with Gasteiger partial charge in [0.25, 0.3) is 0 Å². The van der Waals surface area contributed by atoms with Crippen molar-refractivity contribution in [2.24, 2.45) is 5.73 Å². The molecule has 2 rings (SSSR count). The Labute approximate surface area is 98.0 Å². The average molecular weight is 228 g/mol. The molecule has 0 spiro atoms. The summed E-state index contributed by atoms with van der Waals surface area (Å²) < 4.78 is 0. The van der Waals surface area contributed by atoms with Crippen LogP contribution < -0.4 is 5.73 Å². The fraction of sp³-hybridized carbons (Fsp3) is 1.00. The second kappa shape index (κ2) is 5.55. The maximum atomic E-state index is 6.06. The Kier molecular flexibility index (Phi) is 4.35. The molecule has 15 heavy (non-hydrogen) atoms. The normalized spacial score (nSPS) is 36.0. The Morgan fingerprint density at radius 3 is 2.47 bits per heavy atom. The summed E-state index contributed by atoms with van der Waals surface area (Å²) in [5.41, 5.74) is 6.06. The van der Waals surface area contributed by atoms with E-state index in [0.717, 1.165) is 12.1 Å². The SMILES string of the molecule is CSCCCCN1C2CCC1CC(N)C2. The van der Waals surface area contributed by atoms with Crippen LogP contribution in [0.25, 0.3) is 0 Å². The van der Waals surface area contributed by atoms with Crippen molar-refractivity contribution in [2.45, 2.75) is 56.7 Å². The average Bonchev–Trinajstić information content (AvgIpc) is 2.46. The third-order valence-corrected chi connectivity index (χ3v) is 4.63. The number of fused-ring (bicyclic) bond motifs is 2. The maximum absolute atomic E-state index is 6.06. The largest absolute Gasteiger partial charge is 0.328 e. The molecule has 2 aliphatic rings. The van der Waals surface area contributed by atoms with Gasteiger partial charge in [0, 0.05) is 18.1 Å². The monoisotopic (exact) mass is 228 g/mol. The molecule has 0 amide bonds. The predicted octanol–water partition coefficient (Wildman–Crippen LogP) is 2.08. The van der Waals surface area contributed by atoms with Crippen LogP contribution in [0.2, 0.25) is 0 Å². The van der Waals surface area contributed by atoms with E-state index in [9.17, 15) is 0 Å². The van der Waals surface area contributed by atoms with E-state index in [1.54, 1.807) is 0 Å². The highest BCUT2D eigenvalue weighted by Crippen LogP contribution is 2.35. The van der Waals surface area contributed by atoms with Gasteiger partial charge in [-0.1, -0.05) is 0 Å². The van der Waals surface area contributed by atoms with E-state index >= 15 is 0 Å². The fourth-order valence-electron chi connectivity index (χ4n) is 3.22. The van der Waals surface area contributed by atoms with Crippen molar-refractivity contribution in [3.63, 3.8) is 0 Å². The Morgan fingerprint density at radius 2 is 1.87 bits per heavy atom. The minimum Gasteiger partial charge on any atom is -0.328 e. The minimum absolute atomic E-state index is 0.491. The Morgan fingerprint density at radius 1 is 1.20 bits per heavy atom. The minimum atomic E-state index is 0.491. The molecule has 2 aliphatic heterocycles. The van der Waals surface area contributed by atoms with Gasteiger partial charge < -0.3 is 5.73 Å². The van der Waals surface area contributed by atoms with Crippen molar-refractivity contribution in [2.75, 3.05) is 18.6 Å². The summed E-state index contributed by atoms with van der Waals surface area (Å²) in [4.78, 5) is 2.75. The van der Waals surface area contributed by atoms with Crippen LogP contribution in [-0.4, -0.2) is 41.6 Å². The number of nitrogens with two attached hydrogens (primary N) is 1. The number of piperidine rings is 1. The summed E-state index contributed by atoms with van der Waals surface area (Å²) in [6, 6.07) is 2.14. The highest BCUT2D eigenvalue weighted by Gasteiger charge is 2.38. The van der Waals surface area contributed by atoms with Gasteiger partial charge in [0.15, 0.2) is 0 Å². The Hall–Kier alpha value is 0.270. The van der Waals surface area contributed by atoms with E-state index < -0.39 is 0 Å². The number of unbranched alkanes of at least 4 members (excludes halogenated alkanes) is 1. The maximum Gasteiger partial charge on any atom is 0.0113 e. The fourth-order valence-corrected chi connectivity index (χ4v) is 3.71. The van der Waals surface area contributed by atoms with Crippen molar-refractivity contribution in [3.8, 4) is 0 Å². The molecule has 2 atom stereocenters. The zero-order valence-electron chi connectivity index (χ0n) is 9.82. The van der Waals surface area contributed by atoms with Gasteiger partial charge in [-0.25, -0.2) is 0 Å². The highest BCUT2D eigenvalue weighted by atomic mass is 32.2. The Bertz CT molecular complexity index is 184. The van der Waals surface area contributed by atoms with Crippen LogP contribution in [0.3, 0.4) is 0 Å². The first kappa shape index (κ1) is 11.7. The van der Waals surface area contributed by atoms with E-state index in [-0.39, 0.29) is 0 Å². The molecule has 2 unspecified atom stereocenters. The van der Waals surface area contributed by atoms with Crippen molar-refractivity contribution >= 4 is 11.8 Å². The number of hydrogen-bond donors (Lipinski definition) is 1. The molecule has 2 N–H and O–H groups in total. The van der Waals surface area contributed by atoms with Crippen molar-refractivity contribution in [3.05, 3.63) is 0 Å². The van der Waals surface area contributed by atoms with Gasteiger partial charge in [0.2, 0.25) is 0 Å². The van der Waals surface area contributed by atoms with Crippen LogP contribution in [0.15, 0.2) is 0 Å². The summed E-state index contributed by atoms with van der Waals surface area (Å²) in [6.45, 7) is 1.32. The van der Waals surface area contributed by atoms with Crippen LogP contribution in [0.5, 0.6) is 0 Å². The van der Waals surface area contributed by atoms with Crippen molar-refractivity contribution < 1.29 is 0 Å². The first-order chi connectivity index (χ1) is 7.31. The summed E-state index contributed by atoms with van der Waals surface area (Å²) in [6.07, 6.45) is 10.3. The van der Waals surface area contributed by atoms with Crippen LogP contribution in [-0.2, 0) is 0 Å². The molecule has 88 valence electrons. The molecule has 0 aliphatic carbocycles. The lowest BCUT2D eigenvalue weighted by atomic mass is 9.98. The smallest absolute Gasteiger partial charge is 0.0113 e. The Balaban J connectivity index is 1.74. The van der Waals surface area contributed by atoms with E-state index in [2.05, 4.69) is 11.2 Å². The highest BCUT2D eigenvalue weighted by molar-refractivity contribution is 7.98. The van der Waals surface area contributed by atoms with Gasteiger partial charge in [-0.05, 0) is 57.1 Å². The predicted molar refractivity (Wildman–Crippen MR) is 68.3 cm³/mol. The number of thioether (sulfide) groups is 1. The lowest BCUT2D eigenvalue weighted by Crippen LogP contribution is -2.47. The molecule has 0 aromatic heterocycles. The molecular formula is C12H24N2S. The molecule has 3 heteroatoms. The van der Waals surface area contributed by atoms with E-state index in [0.29, 0.717) is 6.04 Å². The lowest BCUT2D eigenvalue weighted by molar-refractivity contribution is 0.126. The summed E-state index contributed by atoms with van der Waals surface area (Å²) in [7, 11) is 0. The molecule has 2 bridgehead atoms. The third-order valence-electron chi connectivity index (χ3n) is 3.94.